The molecule has 0 saturated heterocycles. The number of thiazole rings is 1. The fourth-order valence-corrected chi connectivity index (χ4v) is 3.45. The Morgan fingerprint density at radius 3 is 2.83 bits per heavy atom. The van der Waals surface area contributed by atoms with Crippen molar-refractivity contribution in [2.24, 2.45) is 0 Å². The Labute approximate surface area is 143 Å². The van der Waals surface area contributed by atoms with Crippen molar-refractivity contribution in [1.82, 2.24) is 4.98 Å². The van der Waals surface area contributed by atoms with Gasteiger partial charge < -0.3 is 9.64 Å². The van der Waals surface area contributed by atoms with Gasteiger partial charge in [0.05, 0.1) is 24.8 Å². The predicted octanol–water partition coefficient (Wildman–Crippen LogP) is 3.58. The standard InChI is InChI=1S/C16H17N3O2S2/c1-2-21-14-6-4-13(5-7-14)19(10-3-8-17)15(20)12-23-16-18-9-11-22-16/h4-7,9,11H,2-3,10,12H2,1H3. The Hall–Kier alpha value is -2.04. The van der Waals surface area contributed by atoms with E-state index in [9.17, 15) is 4.79 Å². The average Bonchev–Trinajstić information content (AvgIpc) is 3.08. The van der Waals surface area contributed by atoms with Crippen molar-refractivity contribution in [3.63, 3.8) is 0 Å². The highest BCUT2D eigenvalue weighted by molar-refractivity contribution is 8.01. The molecule has 23 heavy (non-hydrogen) atoms. The lowest BCUT2D eigenvalue weighted by Gasteiger charge is -2.21. The number of nitriles is 1. The topological polar surface area (TPSA) is 66.2 Å². The molecule has 1 aromatic carbocycles. The van der Waals surface area contributed by atoms with Crippen molar-refractivity contribution >= 4 is 34.7 Å². The fraction of sp³-hybridized carbons (Fsp3) is 0.312. The number of carbonyl (C=O) groups is 1. The van der Waals surface area contributed by atoms with E-state index in [1.807, 2.05) is 36.6 Å². The van der Waals surface area contributed by atoms with Gasteiger partial charge in [-0.1, -0.05) is 11.8 Å². The summed E-state index contributed by atoms with van der Waals surface area (Å²) in [6.45, 7) is 2.90. The molecular weight excluding hydrogens is 330 g/mol. The molecule has 0 unspecified atom stereocenters. The number of anilines is 1. The summed E-state index contributed by atoms with van der Waals surface area (Å²) in [4.78, 5) is 18.3. The van der Waals surface area contributed by atoms with Gasteiger partial charge in [-0.15, -0.1) is 11.3 Å². The van der Waals surface area contributed by atoms with Gasteiger partial charge in [0.15, 0.2) is 0 Å². The first-order valence-electron chi connectivity index (χ1n) is 7.17. The maximum atomic E-state index is 12.5. The first-order chi connectivity index (χ1) is 11.2. The molecule has 0 N–H and O–H groups in total. The van der Waals surface area contributed by atoms with Crippen molar-refractivity contribution in [3.8, 4) is 11.8 Å². The zero-order valence-electron chi connectivity index (χ0n) is 12.8. The minimum Gasteiger partial charge on any atom is -0.494 e. The second-order valence-corrected chi connectivity index (χ2v) is 6.58. The van der Waals surface area contributed by atoms with Crippen LogP contribution < -0.4 is 9.64 Å². The van der Waals surface area contributed by atoms with Gasteiger partial charge in [0, 0.05) is 23.8 Å². The molecular formula is C16H17N3O2S2. The van der Waals surface area contributed by atoms with Crippen LogP contribution in [0.5, 0.6) is 5.75 Å². The number of amides is 1. The van der Waals surface area contributed by atoms with Gasteiger partial charge >= 0.3 is 0 Å². The summed E-state index contributed by atoms with van der Waals surface area (Å²) in [6.07, 6.45) is 2.01. The van der Waals surface area contributed by atoms with Crippen molar-refractivity contribution in [1.29, 1.82) is 5.26 Å². The van der Waals surface area contributed by atoms with Crippen LogP contribution in [0.1, 0.15) is 13.3 Å². The molecule has 2 aromatic rings. The van der Waals surface area contributed by atoms with Crippen LogP contribution in [0.15, 0.2) is 40.2 Å². The maximum Gasteiger partial charge on any atom is 0.237 e. The molecule has 0 radical (unpaired) electrons. The van der Waals surface area contributed by atoms with Gasteiger partial charge in [-0.3, -0.25) is 4.79 Å². The SMILES string of the molecule is CCOc1ccc(N(CCC#N)C(=O)CSc2nccs2)cc1. The number of hydrogen-bond acceptors (Lipinski definition) is 6. The Bertz CT molecular complexity index is 651. The number of rotatable bonds is 8. The van der Waals surface area contributed by atoms with Gasteiger partial charge in [0.1, 0.15) is 10.1 Å². The highest BCUT2D eigenvalue weighted by atomic mass is 32.2. The number of nitrogens with zero attached hydrogens (tertiary/aromatic N) is 3. The molecule has 5 nitrogen and oxygen atoms in total. The van der Waals surface area contributed by atoms with Crippen LogP contribution in [-0.2, 0) is 4.79 Å². The van der Waals surface area contributed by atoms with E-state index in [1.165, 1.54) is 23.1 Å². The number of thioether (sulfide) groups is 1. The molecule has 2 rings (SSSR count). The van der Waals surface area contributed by atoms with Crippen LogP contribution >= 0.6 is 23.1 Å². The molecule has 0 aliphatic rings. The van der Waals surface area contributed by atoms with E-state index in [-0.39, 0.29) is 5.91 Å². The molecule has 0 saturated carbocycles. The van der Waals surface area contributed by atoms with E-state index < -0.39 is 0 Å². The first-order valence-corrected chi connectivity index (χ1v) is 9.03. The Morgan fingerprint density at radius 1 is 1.43 bits per heavy atom. The van der Waals surface area contributed by atoms with Gasteiger partial charge in [-0.2, -0.15) is 5.26 Å². The summed E-state index contributed by atoms with van der Waals surface area (Å²) in [7, 11) is 0. The van der Waals surface area contributed by atoms with Crippen LogP contribution in [0.4, 0.5) is 5.69 Å². The van der Waals surface area contributed by atoms with Crippen LogP contribution in [-0.4, -0.2) is 29.8 Å². The Morgan fingerprint density at radius 2 is 2.22 bits per heavy atom. The number of hydrogen-bond donors (Lipinski definition) is 0. The van der Waals surface area contributed by atoms with E-state index in [4.69, 9.17) is 10.00 Å². The molecule has 1 heterocycles. The molecule has 1 amide bonds. The van der Waals surface area contributed by atoms with Gasteiger partial charge in [0.2, 0.25) is 5.91 Å². The third-order valence-electron chi connectivity index (χ3n) is 2.94. The third kappa shape index (κ3) is 5.27. The maximum absolute atomic E-state index is 12.5. The number of carbonyl (C=O) groups excluding carboxylic acids is 1. The fourth-order valence-electron chi connectivity index (χ4n) is 1.93. The van der Waals surface area contributed by atoms with Gasteiger partial charge in [0.25, 0.3) is 0 Å². The second-order valence-electron chi connectivity index (χ2n) is 4.47. The third-order valence-corrected chi connectivity index (χ3v) is 4.89. The van der Waals surface area contributed by atoms with Crippen molar-refractivity contribution in [3.05, 3.63) is 35.8 Å². The van der Waals surface area contributed by atoms with Crippen molar-refractivity contribution < 1.29 is 9.53 Å². The minimum atomic E-state index is -0.0374. The summed E-state index contributed by atoms with van der Waals surface area (Å²) in [5, 5.41) is 10.7. The van der Waals surface area contributed by atoms with Crippen molar-refractivity contribution in [2.75, 3.05) is 23.8 Å². The summed E-state index contributed by atoms with van der Waals surface area (Å²) in [6, 6.07) is 9.44. The summed E-state index contributed by atoms with van der Waals surface area (Å²) in [5.41, 5.74) is 0.772. The molecule has 0 atom stereocenters. The monoisotopic (exact) mass is 347 g/mol. The van der Waals surface area contributed by atoms with Crippen LogP contribution in [0.3, 0.4) is 0 Å². The molecule has 0 spiro atoms. The number of aromatic nitrogens is 1. The lowest BCUT2D eigenvalue weighted by molar-refractivity contribution is -0.116. The summed E-state index contributed by atoms with van der Waals surface area (Å²) >= 11 is 2.92. The van der Waals surface area contributed by atoms with E-state index in [2.05, 4.69) is 11.1 Å². The molecule has 7 heteroatoms. The summed E-state index contributed by atoms with van der Waals surface area (Å²) in [5.74, 6) is 1.03. The lowest BCUT2D eigenvalue weighted by atomic mass is 10.2. The molecule has 0 aliphatic carbocycles. The number of benzene rings is 1. The minimum absolute atomic E-state index is 0.0374. The molecule has 120 valence electrons. The van der Waals surface area contributed by atoms with E-state index in [1.54, 1.807) is 11.1 Å². The van der Waals surface area contributed by atoms with Crippen LogP contribution in [0.2, 0.25) is 0 Å². The molecule has 0 aliphatic heterocycles. The quantitative estimate of drug-likeness (QED) is 0.683. The highest BCUT2D eigenvalue weighted by Gasteiger charge is 2.16. The smallest absolute Gasteiger partial charge is 0.237 e. The van der Waals surface area contributed by atoms with E-state index in [0.29, 0.717) is 25.3 Å². The molecule has 0 bridgehead atoms. The highest BCUT2D eigenvalue weighted by Crippen LogP contribution is 2.24. The first kappa shape index (κ1) is 17.3. The summed E-state index contributed by atoms with van der Waals surface area (Å²) < 4.78 is 6.28. The average molecular weight is 347 g/mol. The largest absolute Gasteiger partial charge is 0.494 e. The van der Waals surface area contributed by atoms with Gasteiger partial charge in [-0.05, 0) is 31.2 Å². The predicted molar refractivity (Wildman–Crippen MR) is 93.0 cm³/mol. The lowest BCUT2D eigenvalue weighted by Crippen LogP contribution is -2.33. The zero-order chi connectivity index (χ0) is 16.5. The Balaban J connectivity index is 2.05. The Kier molecular flexibility index (Phi) is 6.91. The zero-order valence-corrected chi connectivity index (χ0v) is 14.4. The number of ether oxygens (including phenoxy) is 1. The molecule has 1 aromatic heterocycles. The van der Waals surface area contributed by atoms with E-state index >= 15 is 0 Å². The van der Waals surface area contributed by atoms with Gasteiger partial charge in [-0.25, -0.2) is 4.98 Å². The van der Waals surface area contributed by atoms with E-state index in [0.717, 1.165) is 15.8 Å². The normalized spacial score (nSPS) is 10.1. The molecule has 0 fully saturated rings. The van der Waals surface area contributed by atoms with Crippen molar-refractivity contribution in [2.45, 2.75) is 17.7 Å². The van der Waals surface area contributed by atoms with Crippen LogP contribution in [0.25, 0.3) is 0 Å². The second kappa shape index (κ2) is 9.18. The van der Waals surface area contributed by atoms with Crippen LogP contribution in [0, 0.1) is 11.3 Å².